The molecule has 0 amide bonds. The minimum atomic E-state index is 0.266. The van der Waals surface area contributed by atoms with Gasteiger partial charge in [-0.25, -0.2) is 0 Å². The topological polar surface area (TPSA) is 12.0 Å². The Morgan fingerprint density at radius 3 is 2.29 bits per heavy atom. The fourth-order valence-electron chi connectivity index (χ4n) is 2.29. The second kappa shape index (κ2) is 7.64. The molecule has 0 saturated carbocycles. The lowest BCUT2D eigenvalue weighted by atomic mass is 9.96. The molecule has 0 heterocycles. The summed E-state index contributed by atoms with van der Waals surface area (Å²) in [5.41, 5.74) is 2.34. The van der Waals surface area contributed by atoms with E-state index in [9.17, 15) is 0 Å². The average molecular weight is 387 g/mol. The highest BCUT2D eigenvalue weighted by Crippen LogP contribution is 2.26. The van der Waals surface area contributed by atoms with Crippen LogP contribution < -0.4 is 5.32 Å². The van der Waals surface area contributed by atoms with Crippen LogP contribution >= 0.6 is 39.1 Å². The maximum atomic E-state index is 6.27. The van der Waals surface area contributed by atoms with Crippen molar-refractivity contribution in [2.24, 2.45) is 5.92 Å². The molecule has 0 aliphatic heterocycles. The number of halogens is 3. The van der Waals surface area contributed by atoms with Crippen LogP contribution in [-0.2, 0) is 6.54 Å². The molecule has 2 rings (SSSR count). The highest BCUT2D eigenvalue weighted by atomic mass is 79.9. The van der Waals surface area contributed by atoms with Crippen LogP contribution in [0.4, 0.5) is 0 Å². The van der Waals surface area contributed by atoms with Crippen LogP contribution in [0.3, 0.4) is 0 Å². The minimum Gasteiger partial charge on any atom is -0.306 e. The molecule has 21 heavy (non-hydrogen) atoms. The Labute approximate surface area is 144 Å². The van der Waals surface area contributed by atoms with E-state index >= 15 is 0 Å². The predicted molar refractivity (Wildman–Crippen MR) is 95.0 cm³/mol. The third-order valence-corrected chi connectivity index (χ3v) is 4.52. The summed E-state index contributed by atoms with van der Waals surface area (Å²) in [7, 11) is 0. The molecule has 1 N–H and O–H groups in total. The molecular weight excluding hydrogens is 369 g/mol. The molecule has 2 aromatic rings. The first kappa shape index (κ1) is 16.8. The van der Waals surface area contributed by atoms with Crippen molar-refractivity contribution in [3.63, 3.8) is 0 Å². The van der Waals surface area contributed by atoms with Crippen molar-refractivity contribution in [2.75, 3.05) is 0 Å². The Morgan fingerprint density at radius 1 is 1.05 bits per heavy atom. The van der Waals surface area contributed by atoms with E-state index in [1.165, 1.54) is 5.56 Å². The molecule has 0 radical (unpaired) electrons. The van der Waals surface area contributed by atoms with Gasteiger partial charge in [-0.05, 0) is 41.3 Å². The Kier molecular flexibility index (Phi) is 6.12. The number of nitrogens with one attached hydrogen (secondary N) is 1. The normalized spacial score (nSPS) is 12.7. The lowest BCUT2D eigenvalue weighted by molar-refractivity contribution is 0.410. The van der Waals surface area contributed by atoms with Gasteiger partial charge in [-0.15, -0.1) is 0 Å². The third kappa shape index (κ3) is 4.72. The van der Waals surface area contributed by atoms with Crippen molar-refractivity contribution in [2.45, 2.75) is 26.4 Å². The minimum absolute atomic E-state index is 0.266. The third-order valence-electron chi connectivity index (χ3n) is 3.42. The molecule has 0 aromatic heterocycles. The molecule has 0 saturated heterocycles. The van der Waals surface area contributed by atoms with E-state index in [-0.39, 0.29) is 6.04 Å². The lowest BCUT2D eigenvalue weighted by Gasteiger charge is -2.23. The Hall–Kier alpha value is -0.540. The van der Waals surface area contributed by atoms with Crippen molar-refractivity contribution in [3.05, 3.63) is 68.1 Å². The van der Waals surface area contributed by atoms with Gasteiger partial charge < -0.3 is 5.32 Å². The lowest BCUT2D eigenvalue weighted by Crippen LogP contribution is -2.25. The van der Waals surface area contributed by atoms with Crippen molar-refractivity contribution >= 4 is 39.1 Å². The van der Waals surface area contributed by atoms with Gasteiger partial charge in [0.1, 0.15) is 0 Å². The van der Waals surface area contributed by atoms with E-state index in [0.29, 0.717) is 5.92 Å². The van der Waals surface area contributed by atoms with Gasteiger partial charge in [0, 0.05) is 27.1 Å². The summed E-state index contributed by atoms with van der Waals surface area (Å²) in [4.78, 5) is 0. The molecule has 0 fully saturated rings. The first-order valence-corrected chi connectivity index (χ1v) is 8.45. The van der Waals surface area contributed by atoms with Gasteiger partial charge >= 0.3 is 0 Å². The van der Waals surface area contributed by atoms with Gasteiger partial charge in [-0.1, -0.05) is 71.2 Å². The first-order valence-electron chi connectivity index (χ1n) is 6.90. The summed E-state index contributed by atoms with van der Waals surface area (Å²) in [5, 5.41) is 5.12. The zero-order chi connectivity index (χ0) is 15.4. The van der Waals surface area contributed by atoms with Gasteiger partial charge in [-0.3, -0.25) is 0 Å². The summed E-state index contributed by atoms with van der Waals surface area (Å²) in [6, 6.07) is 14.2. The van der Waals surface area contributed by atoms with Crippen LogP contribution in [0.5, 0.6) is 0 Å². The summed E-state index contributed by atoms with van der Waals surface area (Å²) in [5.74, 6) is 0.473. The fraction of sp³-hybridized carbons (Fsp3) is 0.294. The van der Waals surface area contributed by atoms with E-state index in [4.69, 9.17) is 23.2 Å². The van der Waals surface area contributed by atoms with E-state index in [0.717, 1.165) is 26.6 Å². The molecule has 1 atom stereocenters. The molecule has 0 bridgehead atoms. The molecule has 2 aromatic carbocycles. The molecule has 4 heteroatoms. The monoisotopic (exact) mass is 385 g/mol. The summed E-state index contributed by atoms with van der Waals surface area (Å²) in [6.45, 7) is 5.14. The van der Waals surface area contributed by atoms with Crippen molar-refractivity contribution in [1.82, 2.24) is 5.32 Å². The van der Waals surface area contributed by atoms with E-state index in [1.54, 1.807) is 0 Å². The van der Waals surface area contributed by atoms with E-state index in [2.05, 4.69) is 47.2 Å². The van der Waals surface area contributed by atoms with Gasteiger partial charge in [0.25, 0.3) is 0 Å². The van der Waals surface area contributed by atoms with Crippen molar-refractivity contribution < 1.29 is 0 Å². The average Bonchev–Trinajstić information content (AvgIpc) is 2.42. The standard InChI is InChI=1S/C17H18BrCl2N/c1-11(2)17(12-4-7-15(19)8-5-12)21-10-13-3-6-14(18)9-16(13)20/h3-9,11,17,21H,10H2,1-2H3. The van der Waals surface area contributed by atoms with Gasteiger partial charge in [-0.2, -0.15) is 0 Å². The summed E-state index contributed by atoms with van der Waals surface area (Å²) < 4.78 is 0.995. The van der Waals surface area contributed by atoms with E-state index in [1.807, 2.05) is 30.3 Å². The Morgan fingerprint density at radius 2 is 1.71 bits per heavy atom. The second-order valence-electron chi connectivity index (χ2n) is 5.39. The first-order chi connectivity index (χ1) is 9.97. The number of rotatable bonds is 5. The van der Waals surface area contributed by atoms with E-state index < -0.39 is 0 Å². The second-order valence-corrected chi connectivity index (χ2v) is 7.15. The predicted octanol–water partition coefficient (Wildman–Crippen LogP) is 6.24. The number of hydrogen-bond acceptors (Lipinski definition) is 1. The molecule has 0 aliphatic rings. The molecular formula is C17H18BrCl2N. The molecule has 112 valence electrons. The SMILES string of the molecule is CC(C)C(NCc1ccc(Br)cc1Cl)c1ccc(Cl)cc1. The van der Waals surface area contributed by atoms with Gasteiger partial charge in [0.15, 0.2) is 0 Å². The van der Waals surface area contributed by atoms with Gasteiger partial charge in [0.2, 0.25) is 0 Å². The van der Waals surface area contributed by atoms with Crippen LogP contribution in [0.15, 0.2) is 46.9 Å². The summed E-state index contributed by atoms with van der Waals surface area (Å²) >= 11 is 15.7. The van der Waals surface area contributed by atoms with Crippen LogP contribution in [0.1, 0.15) is 31.0 Å². The quantitative estimate of drug-likeness (QED) is 0.640. The summed E-state index contributed by atoms with van der Waals surface area (Å²) in [6.07, 6.45) is 0. The molecule has 1 unspecified atom stereocenters. The smallest absolute Gasteiger partial charge is 0.0462 e. The highest BCUT2D eigenvalue weighted by molar-refractivity contribution is 9.10. The molecule has 1 nitrogen and oxygen atoms in total. The number of benzene rings is 2. The van der Waals surface area contributed by atoms with Crippen molar-refractivity contribution in [1.29, 1.82) is 0 Å². The van der Waals surface area contributed by atoms with Gasteiger partial charge in [0.05, 0.1) is 0 Å². The fourth-order valence-corrected chi connectivity index (χ4v) is 3.16. The zero-order valence-electron chi connectivity index (χ0n) is 12.0. The number of hydrogen-bond donors (Lipinski definition) is 1. The zero-order valence-corrected chi connectivity index (χ0v) is 15.1. The maximum absolute atomic E-state index is 6.27. The van der Waals surface area contributed by atoms with Crippen LogP contribution in [0.2, 0.25) is 10.0 Å². The highest BCUT2D eigenvalue weighted by Gasteiger charge is 2.15. The largest absolute Gasteiger partial charge is 0.306 e. The van der Waals surface area contributed by atoms with Crippen LogP contribution in [0, 0.1) is 5.92 Å². The van der Waals surface area contributed by atoms with Crippen LogP contribution in [-0.4, -0.2) is 0 Å². The Balaban J connectivity index is 2.12. The Bertz CT molecular complexity index is 596. The van der Waals surface area contributed by atoms with Crippen molar-refractivity contribution in [3.8, 4) is 0 Å². The molecule has 0 spiro atoms. The molecule has 0 aliphatic carbocycles. The van der Waals surface area contributed by atoms with Crippen LogP contribution in [0.25, 0.3) is 0 Å². The maximum Gasteiger partial charge on any atom is 0.0462 e.